The number of carbonyl (C=O) groups excluding carboxylic acids is 1. The number of sulfonamides is 1. The van der Waals surface area contributed by atoms with Gasteiger partial charge in [0.05, 0.1) is 12.1 Å². The van der Waals surface area contributed by atoms with Crippen LogP contribution in [-0.2, 0) is 21.2 Å². The zero-order valence-corrected chi connectivity index (χ0v) is 16.8. The lowest BCUT2D eigenvalue weighted by atomic mass is 10.1. The molecule has 2 aromatic heterocycles. The van der Waals surface area contributed by atoms with Crippen LogP contribution in [0.5, 0.6) is 0 Å². The molecule has 7 nitrogen and oxygen atoms in total. The third kappa shape index (κ3) is 4.24. The molecule has 1 amide bonds. The Morgan fingerprint density at radius 2 is 1.96 bits per heavy atom. The summed E-state index contributed by atoms with van der Waals surface area (Å²) in [5.41, 5.74) is 2.02. The van der Waals surface area contributed by atoms with Gasteiger partial charge >= 0.3 is 0 Å². The molecule has 0 aliphatic heterocycles. The van der Waals surface area contributed by atoms with Crippen molar-refractivity contribution in [1.82, 2.24) is 4.98 Å². The molecule has 0 fully saturated rings. The quantitative estimate of drug-likeness (QED) is 0.679. The van der Waals surface area contributed by atoms with Gasteiger partial charge in [-0.3, -0.25) is 9.69 Å². The number of pyridine rings is 1. The summed E-state index contributed by atoms with van der Waals surface area (Å²) in [6.45, 7) is 1.52. The van der Waals surface area contributed by atoms with E-state index >= 15 is 0 Å². The fraction of sp³-hybridized carbons (Fsp3) is 0.167. The Morgan fingerprint density at radius 3 is 2.54 bits per heavy atom. The van der Waals surface area contributed by atoms with Crippen LogP contribution in [0.25, 0.3) is 11.3 Å². The topological polar surface area (TPSA) is 108 Å². The van der Waals surface area contributed by atoms with Gasteiger partial charge in [-0.05, 0) is 30.7 Å². The second kappa shape index (κ2) is 7.74. The predicted molar refractivity (Wildman–Crippen MR) is 104 cm³/mol. The van der Waals surface area contributed by atoms with Crippen molar-refractivity contribution in [2.45, 2.75) is 17.6 Å². The number of rotatable bonds is 5. The third-order valence-electron chi connectivity index (χ3n) is 4.07. The van der Waals surface area contributed by atoms with Crippen molar-refractivity contribution in [2.75, 3.05) is 11.9 Å². The number of nitrogens with two attached hydrogens (primary N) is 1. The molecule has 0 bridgehead atoms. The van der Waals surface area contributed by atoms with Crippen molar-refractivity contribution in [2.24, 2.45) is 5.14 Å². The number of likely N-dealkylation sites (N-methyl/N-ethyl adjacent to an activating group) is 1. The van der Waals surface area contributed by atoms with Crippen molar-refractivity contribution < 1.29 is 22.6 Å². The van der Waals surface area contributed by atoms with E-state index in [4.69, 9.17) is 5.14 Å². The zero-order valence-electron chi connectivity index (χ0n) is 15.1. The van der Waals surface area contributed by atoms with Gasteiger partial charge in [-0.15, -0.1) is 0 Å². The number of hydrogen-bond donors (Lipinski definition) is 1. The lowest BCUT2D eigenvalue weighted by Crippen LogP contribution is -2.27. The molecule has 0 aliphatic rings. The normalized spacial score (nSPS) is 11.4. The molecule has 146 valence electrons. The molecule has 1 aromatic carbocycles. The molecule has 0 atom stereocenters. The van der Waals surface area contributed by atoms with Gasteiger partial charge in [0.25, 0.3) is 0 Å². The van der Waals surface area contributed by atoms with E-state index in [0.717, 1.165) is 16.9 Å². The number of carbonyl (C=O) groups is 1. The van der Waals surface area contributed by atoms with Gasteiger partial charge in [0.2, 0.25) is 21.6 Å². The highest BCUT2D eigenvalue weighted by Gasteiger charge is 2.22. The molecule has 0 saturated heterocycles. The number of hydrogen-bond acceptors (Lipinski definition) is 5. The standard InChI is InChI=1S/C18H17FN4O3S2/c1-11-17(28(20,25)26)27-18(22-11)23(2)15(24)10-12-5-7-13(8-6-12)16-14(19)4-3-9-21-16/h3-9H,10H2,1-2H3,(H2,20,25,26)/p+1. The molecule has 2 heterocycles. The number of aryl methyl sites for hydroxylation is 1. The Kier molecular flexibility index (Phi) is 5.54. The Balaban J connectivity index is 1.75. The highest BCUT2D eigenvalue weighted by atomic mass is 32.2. The Bertz CT molecular complexity index is 1130. The first-order chi connectivity index (χ1) is 13.2. The molecular formula is C18H18FN4O3S2+. The fourth-order valence-corrected chi connectivity index (χ4v) is 4.53. The van der Waals surface area contributed by atoms with Crippen molar-refractivity contribution in [1.29, 1.82) is 0 Å². The Morgan fingerprint density at radius 1 is 1.29 bits per heavy atom. The number of anilines is 1. The second-order valence-corrected chi connectivity index (χ2v) is 8.87. The van der Waals surface area contributed by atoms with Gasteiger partial charge in [0.15, 0.2) is 21.4 Å². The van der Waals surface area contributed by atoms with E-state index < -0.39 is 10.0 Å². The van der Waals surface area contributed by atoms with Crippen LogP contribution in [-0.4, -0.2) is 26.4 Å². The van der Waals surface area contributed by atoms with Crippen molar-refractivity contribution in [3.05, 3.63) is 59.7 Å². The monoisotopic (exact) mass is 421 g/mol. The average molecular weight is 421 g/mol. The summed E-state index contributed by atoms with van der Waals surface area (Å²) in [5, 5.41) is 5.41. The first kappa shape index (κ1) is 20.1. The van der Waals surface area contributed by atoms with E-state index in [2.05, 4.69) is 9.97 Å². The summed E-state index contributed by atoms with van der Waals surface area (Å²) >= 11 is 0.850. The average Bonchev–Trinajstić information content (AvgIpc) is 3.04. The molecular weight excluding hydrogens is 403 g/mol. The number of aromatic amines is 1. The molecule has 0 unspecified atom stereocenters. The number of amides is 1. The lowest BCUT2D eigenvalue weighted by molar-refractivity contribution is -0.367. The fourth-order valence-electron chi connectivity index (χ4n) is 2.60. The number of thiazole rings is 1. The lowest BCUT2D eigenvalue weighted by Gasteiger charge is -2.13. The van der Waals surface area contributed by atoms with Gasteiger partial charge in [-0.1, -0.05) is 23.5 Å². The first-order valence-corrected chi connectivity index (χ1v) is 10.6. The van der Waals surface area contributed by atoms with Gasteiger partial charge < -0.3 is 0 Å². The van der Waals surface area contributed by atoms with Crippen LogP contribution in [0.4, 0.5) is 9.52 Å². The van der Waals surface area contributed by atoms with Crippen LogP contribution in [0, 0.1) is 12.7 Å². The number of aromatic nitrogens is 2. The molecule has 10 heteroatoms. The number of halogens is 1. The summed E-state index contributed by atoms with van der Waals surface area (Å²) in [6.07, 6.45) is 1.72. The summed E-state index contributed by atoms with van der Waals surface area (Å²) in [7, 11) is -2.36. The van der Waals surface area contributed by atoms with Gasteiger partial charge in [0.1, 0.15) is 0 Å². The number of benzene rings is 1. The van der Waals surface area contributed by atoms with Crippen LogP contribution in [0.3, 0.4) is 0 Å². The highest BCUT2D eigenvalue weighted by Crippen LogP contribution is 2.28. The van der Waals surface area contributed by atoms with Gasteiger partial charge in [-0.2, -0.15) is 4.39 Å². The van der Waals surface area contributed by atoms with Crippen molar-refractivity contribution in [3.8, 4) is 11.3 Å². The summed E-state index contributed by atoms with van der Waals surface area (Å²) in [4.78, 5) is 20.8. The van der Waals surface area contributed by atoms with E-state index in [1.165, 1.54) is 24.9 Å². The summed E-state index contributed by atoms with van der Waals surface area (Å²) in [5.74, 6) is -0.629. The van der Waals surface area contributed by atoms with Crippen molar-refractivity contribution in [3.63, 3.8) is 0 Å². The molecule has 0 saturated carbocycles. The first-order valence-electron chi connectivity index (χ1n) is 8.19. The minimum absolute atomic E-state index is 0.0624. The highest BCUT2D eigenvalue weighted by molar-refractivity contribution is 7.91. The number of nitrogens with one attached hydrogen (secondary N) is 1. The molecule has 3 N–H and O–H groups in total. The Hall–Kier alpha value is -2.69. The maximum absolute atomic E-state index is 13.8. The van der Waals surface area contributed by atoms with Gasteiger partial charge in [0, 0.05) is 18.7 Å². The van der Waals surface area contributed by atoms with Crippen LogP contribution in [0.1, 0.15) is 11.3 Å². The molecule has 0 spiro atoms. The van der Waals surface area contributed by atoms with Crippen LogP contribution >= 0.6 is 11.3 Å². The number of primary sulfonamides is 1. The van der Waals surface area contributed by atoms with E-state index in [-0.39, 0.29) is 33.2 Å². The van der Waals surface area contributed by atoms with Crippen molar-refractivity contribution >= 4 is 32.4 Å². The van der Waals surface area contributed by atoms with E-state index in [9.17, 15) is 17.6 Å². The number of nitrogens with zero attached hydrogens (tertiary/aromatic N) is 2. The predicted octanol–water partition coefficient (Wildman–Crippen LogP) is 1.92. The molecule has 3 aromatic rings. The largest absolute Gasteiger partial charge is 0.291 e. The summed E-state index contributed by atoms with van der Waals surface area (Å²) in [6, 6.07) is 9.87. The maximum atomic E-state index is 13.8. The van der Waals surface area contributed by atoms with E-state index in [0.29, 0.717) is 11.3 Å². The molecule has 0 radical (unpaired) electrons. The van der Waals surface area contributed by atoms with E-state index in [1.54, 1.807) is 36.5 Å². The molecule has 0 aliphatic carbocycles. The van der Waals surface area contributed by atoms with Crippen LogP contribution < -0.4 is 15.0 Å². The molecule has 28 heavy (non-hydrogen) atoms. The third-order valence-corrected chi connectivity index (χ3v) is 6.85. The maximum Gasteiger partial charge on any atom is 0.249 e. The number of H-pyrrole nitrogens is 1. The van der Waals surface area contributed by atoms with Gasteiger partial charge in [-0.25, -0.2) is 23.5 Å². The molecule has 3 rings (SSSR count). The minimum Gasteiger partial charge on any atom is -0.291 e. The summed E-state index contributed by atoms with van der Waals surface area (Å²) < 4.78 is 36.9. The van der Waals surface area contributed by atoms with E-state index in [1.807, 2.05) is 0 Å². The van der Waals surface area contributed by atoms with Crippen LogP contribution in [0.15, 0.2) is 46.8 Å². The SMILES string of the molecule is Cc1nc(N(C)C(=O)Cc2ccc(-c3[nH+]cccc3F)cc2)sc1S(N)(=O)=O. The van der Waals surface area contributed by atoms with Crippen LogP contribution in [0.2, 0.25) is 0 Å². The smallest absolute Gasteiger partial charge is 0.249 e. The zero-order chi connectivity index (χ0) is 20.5. The Labute approximate surface area is 165 Å². The second-order valence-electron chi connectivity index (χ2n) is 6.13. The minimum atomic E-state index is -3.88.